The molecule has 1 aromatic rings. The number of nitrogens with one attached hydrogen (secondary N) is 2. The molecular formula is C33H51Cl3N4O9S. The van der Waals surface area contributed by atoms with Crippen LogP contribution in [0.1, 0.15) is 65.0 Å². The van der Waals surface area contributed by atoms with E-state index < -0.39 is 68.1 Å². The van der Waals surface area contributed by atoms with Gasteiger partial charge in [0, 0.05) is 32.4 Å². The summed E-state index contributed by atoms with van der Waals surface area (Å²) in [6.45, 7) is 7.62. The number of amides is 2. The number of thioether (sulfide) groups is 1. The highest BCUT2D eigenvalue weighted by Gasteiger charge is 2.55. The lowest BCUT2D eigenvalue weighted by Crippen LogP contribution is -2.68. The summed E-state index contributed by atoms with van der Waals surface area (Å²) in [5, 5.41) is 39.2. The molecule has 284 valence electrons. The first-order valence-electron chi connectivity index (χ1n) is 16.7. The lowest BCUT2D eigenvalue weighted by atomic mass is 9.89. The Morgan fingerprint density at radius 3 is 2.40 bits per heavy atom. The number of carbonyl (C=O) groups is 2. The van der Waals surface area contributed by atoms with Gasteiger partial charge in [-0.1, -0.05) is 36.5 Å². The maximum absolute atomic E-state index is 13.5. The smallest absolute Gasteiger partial charge is 0.269 e. The van der Waals surface area contributed by atoms with Crippen LogP contribution >= 0.6 is 46.6 Å². The van der Waals surface area contributed by atoms with Gasteiger partial charge in [0.25, 0.3) is 11.6 Å². The van der Waals surface area contributed by atoms with Crippen LogP contribution in [0.3, 0.4) is 0 Å². The predicted molar refractivity (Wildman–Crippen MR) is 195 cm³/mol. The number of alkyl halides is 3. The molecule has 17 heteroatoms. The second-order valence-corrected chi connectivity index (χ2v) is 17.0. The Hall–Kier alpha value is -1.46. The minimum Gasteiger partial charge on any atom is -0.388 e. The number of hydrogen-bond donors (Lipinski definition) is 4. The monoisotopic (exact) mass is 784 g/mol. The zero-order valence-electron chi connectivity index (χ0n) is 29.5. The average Bonchev–Trinajstić information content (AvgIpc) is 3.43. The zero-order chi connectivity index (χ0) is 37.6. The summed E-state index contributed by atoms with van der Waals surface area (Å²) >= 11 is 20.0. The number of likely N-dealkylation sites (tertiary alicyclic amines) is 1. The van der Waals surface area contributed by atoms with E-state index in [2.05, 4.69) is 17.6 Å². The predicted octanol–water partition coefficient (Wildman–Crippen LogP) is 4.17. The molecule has 3 rings (SSSR count). The molecule has 11 atom stereocenters. The second kappa shape index (κ2) is 18.5. The van der Waals surface area contributed by atoms with Crippen molar-refractivity contribution in [2.24, 2.45) is 5.92 Å². The number of aliphatic hydroxyl groups is 2. The van der Waals surface area contributed by atoms with Crippen molar-refractivity contribution in [3.05, 3.63) is 39.9 Å². The third-order valence-electron chi connectivity index (χ3n) is 9.57. The minimum absolute atomic E-state index is 0.0588. The standard InChI is InChI=1S/C33H51Cl3N4O9S/c1-8-9-19-16-23(39(5)17-19)30(43)38-24(18(2)34)28-25(41)26(42)29(33(4,49-28)50-7)48-15-14-22(37-31(44)32(3,35)36)27(47-6)20-10-12-21(13-11-20)40(45)46/h10-13,18-19,22-29,41-42H,8-9,14-17H2,1-7H3,(H,37,44)(H,38,43)/t18?,19?,22-,23?,24-,25-,26+,27-,28-,29-,33-/m1/s1. The van der Waals surface area contributed by atoms with Crippen LogP contribution in [0.25, 0.3) is 0 Å². The first-order valence-corrected chi connectivity index (χ1v) is 19.1. The molecule has 2 amide bonds. The van der Waals surface area contributed by atoms with Crippen LogP contribution in [-0.4, -0.2) is 123 Å². The van der Waals surface area contributed by atoms with Gasteiger partial charge in [-0.05, 0) is 77.0 Å². The fourth-order valence-electron chi connectivity index (χ4n) is 6.77. The Morgan fingerprint density at radius 1 is 1.24 bits per heavy atom. The summed E-state index contributed by atoms with van der Waals surface area (Å²) in [7, 11) is 3.34. The van der Waals surface area contributed by atoms with E-state index in [9.17, 15) is 29.9 Å². The normalized spacial score (nSPS) is 29.9. The molecule has 3 unspecified atom stereocenters. The van der Waals surface area contributed by atoms with Gasteiger partial charge in [0.1, 0.15) is 35.5 Å². The van der Waals surface area contributed by atoms with Crippen LogP contribution in [0.15, 0.2) is 24.3 Å². The highest BCUT2D eigenvalue weighted by molar-refractivity contribution is 7.99. The number of nitro groups is 1. The van der Waals surface area contributed by atoms with Crippen LogP contribution in [0.5, 0.6) is 0 Å². The van der Waals surface area contributed by atoms with Gasteiger partial charge in [0.2, 0.25) is 5.91 Å². The molecule has 0 spiro atoms. The van der Waals surface area contributed by atoms with Gasteiger partial charge in [-0.3, -0.25) is 24.6 Å². The van der Waals surface area contributed by atoms with Crippen LogP contribution in [0.4, 0.5) is 5.69 Å². The largest absolute Gasteiger partial charge is 0.388 e. The van der Waals surface area contributed by atoms with Crippen LogP contribution < -0.4 is 10.6 Å². The SMILES string of the molecule is CCCC1CC(C(=O)N[C@H](C(C)Cl)[C@H]2O[C@](C)(SC)[C@H](OCC[C@@H](NC(=O)C(C)(Cl)Cl)[C@H](OC)c3ccc([N+](=O)[O-])cc3)[C@@H](O)[C@H]2O)N(C)C1. The number of likely N-dealkylation sites (N-methyl/N-ethyl adjacent to an activating group) is 1. The fraction of sp³-hybridized carbons (Fsp3) is 0.758. The van der Waals surface area contributed by atoms with Gasteiger partial charge in [-0.15, -0.1) is 23.4 Å². The van der Waals surface area contributed by atoms with E-state index in [1.807, 2.05) is 11.9 Å². The number of aliphatic hydroxyl groups excluding tert-OH is 2. The quantitative estimate of drug-likeness (QED) is 0.102. The number of halogens is 3. The molecular weight excluding hydrogens is 735 g/mol. The summed E-state index contributed by atoms with van der Waals surface area (Å²) < 4.78 is 16.6. The van der Waals surface area contributed by atoms with Gasteiger partial charge < -0.3 is 35.1 Å². The van der Waals surface area contributed by atoms with Crippen molar-refractivity contribution < 1.29 is 38.9 Å². The maximum Gasteiger partial charge on any atom is 0.269 e. The molecule has 0 radical (unpaired) electrons. The van der Waals surface area contributed by atoms with Gasteiger partial charge >= 0.3 is 0 Å². The van der Waals surface area contributed by atoms with Gasteiger partial charge in [0.15, 0.2) is 4.33 Å². The van der Waals surface area contributed by atoms with Crippen molar-refractivity contribution in [2.75, 3.05) is 33.6 Å². The van der Waals surface area contributed by atoms with E-state index in [-0.39, 0.29) is 30.7 Å². The molecule has 13 nitrogen and oxygen atoms in total. The number of nitrogens with zero attached hydrogens (tertiary/aromatic N) is 2. The van der Waals surface area contributed by atoms with Crippen molar-refractivity contribution in [1.82, 2.24) is 15.5 Å². The third kappa shape index (κ3) is 10.6. The lowest BCUT2D eigenvalue weighted by molar-refractivity contribution is -0.384. The Labute approximate surface area is 313 Å². The number of hydrogen-bond acceptors (Lipinski definition) is 11. The highest BCUT2D eigenvalue weighted by Crippen LogP contribution is 2.41. The molecule has 2 heterocycles. The van der Waals surface area contributed by atoms with Crippen molar-refractivity contribution in [3.8, 4) is 0 Å². The summed E-state index contributed by atoms with van der Waals surface area (Å²) in [6.07, 6.45) is -1.15. The molecule has 1 aromatic carbocycles. The molecule has 0 saturated carbocycles. The van der Waals surface area contributed by atoms with Crippen LogP contribution in [-0.2, 0) is 23.8 Å². The first-order chi connectivity index (χ1) is 23.4. The minimum atomic E-state index is -1.77. The van der Waals surface area contributed by atoms with Crippen LogP contribution in [0, 0.1) is 16.0 Å². The van der Waals surface area contributed by atoms with E-state index in [4.69, 9.17) is 49.0 Å². The van der Waals surface area contributed by atoms with E-state index in [0.717, 1.165) is 25.8 Å². The molecule has 0 aliphatic carbocycles. The number of methoxy groups -OCH3 is 1. The Balaban J connectivity index is 1.78. The average molecular weight is 786 g/mol. The number of rotatable bonds is 17. The molecule has 2 fully saturated rings. The summed E-state index contributed by atoms with van der Waals surface area (Å²) in [4.78, 5) is 37.8. The first kappa shape index (κ1) is 42.9. The molecule has 50 heavy (non-hydrogen) atoms. The molecule has 4 N–H and O–H groups in total. The van der Waals surface area contributed by atoms with Crippen LogP contribution in [0.2, 0.25) is 0 Å². The third-order valence-corrected chi connectivity index (χ3v) is 11.3. The number of ether oxygens (including phenoxy) is 3. The van der Waals surface area contributed by atoms with Crippen molar-refractivity contribution in [3.63, 3.8) is 0 Å². The molecule has 2 aliphatic heterocycles. The highest BCUT2D eigenvalue weighted by atomic mass is 35.5. The Bertz CT molecular complexity index is 1290. The van der Waals surface area contributed by atoms with E-state index in [1.165, 1.54) is 50.1 Å². The molecule has 2 saturated heterocycles. The second-order valence-electron chi connectivity index (χ2n) is 13.4. The summed E-state index contributed by atoms with van der Waals surface area (Å²) in [5.41, 5.74) is 0.424. The van der Waals surface area contributed by atoms with Crippen molar-refractivity contribution >= 4 is 64.1 Å². The Morgan fingerprint density at radius 2 is 1.88 bits per heavy atom. The zero-order valence-corrected chi connectivity index (χ0v) is 32.6. The van der Waals surface area contributed by atoms with E-state index in [1.54, 1.807) is 20.1 Å². The van der Waals surface area contributed by atoms with Crippen molar-refractivity contribution in [1.29, 1.82) is 0 Å². The molecule has 0 aromatic heterocycles. The molecule has 2 aliphatic rings. The maximum atomic E-state index is 13.5. The topological polar surface area (TPSA) is 173 Å². The lowest BCUT2D eigenvalue weighted by Gasteiger charge is -2.50. The number of nitro benzene ring substituents is 1. The number of non-ortho nitro benzene ring substituents is 1. The van der Waals surface area contributed by atoms with Gasteiger partial charge in [-0.2, -0.15) is 0 Å². The fourth-order valence-corrected chi connectivity index (χ4v) is 7.74. The van der Waals surface area contributed by atoms with Crippen molar-refractivity contribution in [2.45, 2.75) is 117 Å². The molecule has 0 bridgehead atoms. The summed E-state index contributed by atoms with van der Waals surface area (Å²) in [5.74, 6) is -0.493. The summed E-state index contributed by atoms with van der Waals surface area (Å²) in [6, 6.07) is 3.74. The van der Waals surface area contributed by atoms with E-state index >= 15 is 0 Å². The number of carbonyl (C=O) groups excluding carboxylic acids is 2. The van der Waals surface area contributed by atoms with E-state index in [0.29, 0.717) is 11.5 Å². The van der Waals surface area contributed by atoms with Gasteiger partial charge in [-0.25, -0.2) is 0 Å². The van der Waals surface area contributed by atoms with Gasteiger partial charge in [0.05, 0.1) is 28.4 Å². The number of benzene rings is 1. The Kier molecular flexibility index (Phi) is 15.9.